The zero-order chi connectivity index (χ0) is 20.5. The van der Waals surface area contributed by atoms with Gasteiger partial charge in [-0.15, -0.1) is 0 Å². The summed E-state index contributed by atoms with van der Waals surface area (Å²) in [5.41, 5.74) is -1.06. The largest absolute Gasteiger partial charge is 0.467 e. The topological polar surface area (TPSA) is 167 Å². The van der Waals surface area contributed by atoms with Crippen LogP contribution < -0.4 is 9.46 Å². The van der Waals surface area contributed by atoms with Crippen molar-refractivity contribution in [3.05, 3.63) is 49.3 Å². The van der Waals surface area contributed by atoms with E-state index >= 15 is 0 Å². The molecule has 2 aromatic rings. The van der Waals surface area contributed by atoms with Crippen LogP contribution in [0.1, 0.15) is 17.0 Å². The summed E-state index contributed by atoms with van der Waals surface area (Å²) < 4.78 is 32.5. The van der Waals surface area contributed by atoms with E-state index in [9.17, 15) is 28.6 Å². The average molecular weight is 397 g/mol. The van der Waals surface area contributed by atoms with Gasteiger partial charge in [0, 0.05) is 12.1 Å². The number of nitro groups is 2. The lowest BCUT2D eigenvalue weighted by molar-refractivity contribution is -0.395. The van der Waals surface area contributed by atoms with Crippen molar-refractivity contribution in [3.8, 4) is 6.01 Å². The van der Waals surface area contributed by atoms with Crippen LogP contribution in [0.2, 0.25) is 0 Å². The second kappa shape index (κ2) is 7.11. The zero-order valence-corrected chi connectivity index (χ0v) is 15.5. The summed E-state index contributed by atoms with van der Waals surface area (Å²) in [5, 5.41) is 22.3. The molecule has 0 radical (unpaired) electrons. The smallest absolute Gasteiger partial charge is 0.316 e. The number of aryl methyl sites for hydroxylation is 2. The number of nitrogens with zero attached hydrogens (tertiary/aromatic N) is 4. The van der Waals surface area contributed by atoms with E-state index in [2.05, 4.69) is 14.7 Å². The summed E-state index contributed by atoms with van der Waals surface area (Å²) in [5.74, 6) is 0. The van der Waals surface area contributed by atoms with E-state index in [1.807, 2.05) is 0 Å². The van der Waals surface area contributed by atoms with Crippen LogP contribution in [-0.4, -0.2) is 35.3 Å². The van der Waals surface area contributed by atoms with E-state index in [4.69, 9.17) is 4.74 Å². The van der Waals surface area contributed by atoms with Gasteiger partial charge >= 0.3 is 6.01 Å². The van der Waals surface area contributed by atoms with Crippen molar-refractivity contribution < 1.29 is 23.0 Å². The average Bonchev–Trinajstić information content (AvgIpc) is 2.57. The molecule has 0 saturated carbocycles. The number of hydrogen-bond donors (Lipinski definition) is 1. The molecule has 1 N–H and O–H groups in total. The first-order valence-corrected chi connectivity index (χ1v) is 8.81. The summed E-state index contributed by atoms with van der Waals surface area (Å²) in [6.07, 6.45) is 0. The first-order valence-electron chi connectivity index (χ1n) is 7.33. The second-order valence-electron chi connectivity index (χ2n) is 5.46. The third-order valence-corrected chi connectivity index (χ3v) is 5.03. The SMILES string of the molecule is COc1nc(C)c(NS(=O)(=O)c2cc([N+](=O)[O-])c(C)c([N+](=O)[O-])c2)c(C)n1. The maximum Gasteiger partial charge on any atom is 0.316 e. The van der Waals surface area contributed by atoms with Gasteiger partial charge in [0.1, 0.15) is 10.5 Å². The van der Waals surface area contributed by atoms with Crippen molar-refractivity contribution in [1.82, 2.24) is 9.97 Å². The summed E-state index contributed by atoms with van der Waals surface area (Å²) in [7, 11) is -3.04. The number of methoxy groups -OCH3 is 1. The third-order valence-electron chi connectivity index (χ3n) is 3.70. The first kappa shape index (κ1) is 20.0. The molecule has 0 fully saturated rings. The molecule has 12 nitrogen and oxygen atoms in total. The number of rotatable bonds is 6. The van der Waals surface area contributed by atoms with Crippen LogP contribution in [0.4, 0.5) is 17.1 Å². The van der Waals surface area contributed by atoms with Crippen molar-refractivity contribution >= 4 is 27.1 Å². The minimum atomic E-state index is -4.39. The lowest BCUT2D eigenvalue weighted by Crippen LogP contribution is -2.17. The number of nitro benzene ring substituents is 2. The Bertz CT molecular complexity index is 994. The van der Waals surface area contributed by atoms with Crippen LogP contribution in [0.15, 0.2) is 17.0 Å². The van der Waals surface area contributed by atoms with Gasteiger partial charge in [0.2, 0.25) is 0 Å². The highest BCUT2D eigenvalue weighted by Crippen LogP contribution is 2.32. The molecule has 0 aliphatic heterocycles. The summed E-state index contributed by atoms with van der Waals surface area (Å²) >= 11 is 0. The zero-order valence-electron chi connectivity index (χ0n) is 14.7. The fourth-order valence-corrected chi connectivity index (χ4v) is 3.53. The lowest BCUT2D eigenvalue weighted by atomic mass is 10.1. The van der Waals surface area contributed by atoms with Gasteiger partial charge in [0.05, 0.1) is 34.0 Å². The van der Waals surface area contributed by atoms with Gasteiger partial charge in [-0.05, 0) is 20.8 Å². The molecular formula is C14H15N5O7S. The molecule has 0 bridgehead atoms. The Morgan fingerprint density at radius 2 is 1.44 bits per heavy atom. The van der Waals surface area contributed by atoms with Crippen LogP contribution in [0, 0.1) is 41.0 Å². The predicted molar refractivity (Wildman–Crippen MR) is 93.4 cm³/mol. The maximum absolute atomic E-state index is 12.7. The molecule has 144 valence electrons. The Morgan fingerprint density at radius 1 is 1.00 bits per heavy atom. The van der Waals surface area contributed by atoms with Crippen LogP contribution in [0.3, 0.4) is 0 Å². The Hall–Kier alpha value is -3.35. The van der Waals surface area contributed by atoms with E-state index in [1.165, 1.54) is 27.9 Å². The van der Waals surface area contributed by atoms with Crippen LogP contribution in [-0.2, 0) is 10.0 Å². The Kier molecular flexibility index (Phi) is 5.26. The van der Waals surface area contributed by atoms with Gasteiger partial charge in [-0.25, -0.2) is 8.42 Å². The summed E-state index contributed by atoms with van der Waals surface area (Å²) in [6, 6.07) is 1.56. The monoisotopic (exact) mass is 397 g/mol. The van der Waals surface area contributed by atoms with Crippen LogP contribution in [0.25, 0.3) is 0 Å². The Balaban J connectivity index is 2.61. The highest BCUT2D eigenvalue weighted by molar-refractivity contribution is 7.92. The Morgan fingerprint density at radius 3 is 1.81 bits per heavy atom. The van der Waals surface area contributed by atoms with Crippen molar-refractivity contribution in [2.75, 3.05) is 11.8 Å². The fourth-order valence-electron chi connectivity index (χ4n) is 2.31. The van der Waals surface area contributed by atoms with Gasteiger partial charge in [-0.2, -0.15) is 9.97 Å². The lowest BCUT2D eigenvalue weighted by Gasteiger charge is -2.13. The Labute approximate surface area is 153 Å². The number of ether oxygens (including phenoxy) is 1. The molecule has 0 aliphatic carbocycles. The summed E-state index contributed by atoms with van der Waals surface area (Å²) in [6.45, 7) is 4.19. The van der Waals surface area contributed by atoms with E-state index < -0.39 is 36.1 Å². The summed E-state index contributed by atoms with van der Waals surface area (Å²) in [4.78, 5) is 27.8. The molecule has 0 spiro atoms. The van der Waals surface area contributed by atoms with Gasteiger partial charge < -0.3 is 4.74 Å². The predicted octanol–water partition coefficient (Wildman–Crippen LogP) is 2.03. The molecule has 1 aromatic heterocycles. The molecule has 0 amide bonds. The van der Waals surface area contributed by atoms with E-state index in [0.717, 1.165) is 12.1 Å². The van der Waals surface area contributed by atoms with Crippen molar-refractivity contribution in [3.63, 3.8) is 0 Å². The standard InChI is InChI=1S/C14H15N5O7S/c1-7-11(18(20)21)5-10(6-12(7)19(22)23)27(24,25)17-13-8(2)15-14(26-4)16-9(13)3/h5-6,17H,1-4H3. The van der Waals surface area contributed by atoms with Crippen molar-refractivity contribution in [1.29, 1.82) is 0 Å². The van der Waals surface area contributed by atoms with Crippen molar-refractivity contribution in [2.24, 2.45) is 0 Å². The van der Waals surface area contributed by atoms with E-state index in [-0.39, 0.29) is 28.6 Å². The second-order valence-corrected chi connectivity index (χ2v) is 7.14. The number of hydrogen-bond acceptors (Lipinski definition) is 9. The third kappa shape index (κ3) is 3.92. The molecule has 0 aliphatic rings. The molecular weight excluding hydrogens is 382 g/mol. The minimum absolute atomic E-state index is 0.0366. The van der Waals surface area contributed by atoms with Gasteiger partial charge in [-0.1, -0.05) is 0 Å². The van der Waals surface area contributed by atoms with Crippen molar-refractivity contribution in [2.45, 2.75) is 25.7 Å². The van der Waals surface area contributed by atoms with E-state index in [0.29, 0.717) is 0 Å². The van der Waals surface area contributed by atoms with E-state index in [1.54, 1.807) is 0 Å². The van der Waals surface area contributed by atoms with Gasteiger partial charge in [0.15, 0.2) is 0 Å². The molecule has 2 rings (SSSR count). The van der Waals surface area contributed by atoms with Crippen LogP contribution in [0.5, 0.6) is 6.01 Å². The molecule has 27 heavy (non-hydrogen) atoms. The van der Waals surface area contributed by atoms with Gasteiger partial charge in [0.25, 0.3) is 21.4 Å². The first-order chi connectivity index (χ1) is 12.5. The highest BCUT2D eigenvalue weighted by atomic mass is 32.2. The minimum Gasteiger partial charge on any atom is -0.467 e. The maximum atomic E-state index is 12.7. The fraction of sp³-hybridized carbons (Fsp3) is 0.286. The molecule has 1 heterocycles. The number of nitrogens with one attached hydrogen (secondary N) is 1. The number of benzene rings is 1. The molecule has 1 aromatic carbocycles. The highest BCUT2D eigenvalue weighted by Gasteiger charge is 2.29. The number of anilines is 1. The molecule has 0 unspecified atom stereocenters. The number of sulfonamides is 1. The quantitative estimate of drug-likeness (QED) is 0.566. The van der Waals surface area contributed by atoms with Gasteiger partial charge in [-0.3, -0.25) is 25.0 Å². The molecule has 13 heteroatoms. The van der Waals surface area contributed by atoms with Crippen LogP contribution >= 0.6 is 0 Å². The molecule has 0 atom stereocenters. The number of aromatic nitrogens is 2. The molecule has 0 saturated heterocycles. The normalized spacial score (nSPS) is 11.1.